The maximum absolute atomic E-state index is 13.2. The molecule has 118 valence electrons. The Balaban J connectivity index is 1.86. The Labute approximate surface area is 138 Å². The molecule has 1 aliphatic carbocycles. The zero-order chi connectivity index (χ0) is 16.4. The van der Waals surface area contributed by atoms with Gasteiger partial charge < -0.3 is 4.90 Å². The molecule has 0 spiro atoms. The third-order valence-electron chi connectivity index (χ3n) is 6.54. The standard InChI is InChI=1S/C21H23NO/c1-20(2)17-15-12-8-9-13-16(15)22(18(17)21(20,3)4)19(23)14-10-6-5-7-11-14/h5-13,17-18H,1-4H3/t17-,18+/m0/s1. The van der Waals surface area contributed by atoms with E-state index in [2.05, 4.69) is 50.8 Å². The van der Waals surface area contributed by atoms with E-state index in [4.69, 9.17) is 0 Å². The monoisotopic (exact) mass is 305 g/mol. The molecule has 2 heteroatoms. The Kier molecular flexibility index (Phi) is 2.82. The van der Waals surface area contributed by atoms with Crippen LogP contribution in [0.25, 0.3) is 0 Å². The van der Waals surface area contributed by atoms with Crippen LogP contribution in [0.4, 0.5) is 5.69 Å². The molecule has 1 fully saturated rings. The predicted octanol–water partition coefficient (Wildman–Crippen LogP) is 4.87. The van der Waals surface area contributed by atoms with Gasteiger partial charge in [0.25, 0.3) is 5.91 Å². The van der Waals surface area contributed by atoms with Gasteiger partial charge in [0.2, 0.25) is 0 Å². The molecule has 1 aliphatic heterocycles. The van der Waals surface area contributed by atoms with E-state index < -0.39 is 0 Å². The van der Waals surface area contributed by atoms with Gasteiger partial charge in [-0.05, 0) is 34.6 Å². The number of amides is 1. The molecule has 0 unspecified atom stereocenters. The van der Waals surface area contributed by atoms with Crippen LogP contribution in [-0.4, -0.2) is 11.9 Å². The van der Waals surface area contributed by atoms with Crippen LogP contribution in [0.2, 0.25) is 0 Å². The van der Waals surface area contributed by atoms with E-state index in [1.54, 1.807) is 0 Å². The van der Waals surface area contributed by atoms with Gasteiger partial charge in [-0.2, -0.15) is 0 Å². The molecule has 23 heavy (non-hydrogen) atoms. The summed E-state index contributed by atoms with van der Waals surface area (Å²) < 4.78 is 0. The van der Waals surface area contributed by atoms with E-state index >= 15 is 0 Å². The van der Waals surface area contributed by atoms with Crippen LogP contribution >= 0.6 is 0 Å². The molecule has 1 heterocycles. The second-order valence-corrected chi connectivity index (χ2v) is 7.97. The Morgan fingerprint density at radius 2 is 1.48 bits per heavy atom. The molecule has 2 aromatic rings. The van der Waals surface area contributed by atoms with Gasteiger partial charge >= 0.3 is 0 Å². The Hall–Kier alpha value is -2.09. The summed E-state index contributed by atoms with van der Waals surface area (Å²) >= 11 is 0. The van der Waals surface area contributed by atoms with Gasteiger partial charge in [0, 0.05) is 17.2 Å². The van der Waals surface area contributed by atoms with E-state index in [1.165, 1.54) is 5.56 Å². The molecule has 2 aromatic carbocycles. The number of hydrogen-bond donors (Lipinski definition) is 0. The van der Waals surface area contributed by atoms with Crippen LogP contribution in [-0.2, 0) is 0 Å². The van der Waals surface area contributed by atoms with Crippen LogP contribution in [0.1, 0.15) is 49.5 Å². The predicted molar refractivity (Wildman–Crippen MR) is 93.8 cm³/mol. The van der Waals surface area contributed by atoms with Crippen LogP contribution in [0.15, 0.2) is 54.6 Å². The van der Waals surface area contributed by atoms with Crippen molar-refractivity contribution >= 4 is 11.6 Å². The third-order valence-corrected chi connectivity index (χ3v) is 6.54. The molecular weight excluding hydrogens is 282 g/mol. The molecule has 2 aliphatic rings. The fourth-order valence-corrected chi connectivity index (χ4v) is 4.60. The number of benzene rings is 2. The first-order valence-electron chi connectivity index (χ1n) is 8.35. The van der Waals surface area contributed by atoms with Gasteiger partial charge in [-0.3, -0.25) is 4.79 Å². The second kappa shape index (κ2) is 4.47. The number of carbonyl (C=O) groups excluding carboxylic acids is 1. The van der Waals surface area contributed by atoms with Crippen molar-refractivity contribution in [2.75, 3.05) is 4.90 Å². The van der Waals surface area contributed by atoms with Gasteiger partial charge in [-0.1, -0.05) is 64.1 Å². The van der Waals surface area contributed by atoms with Gasteiger partial charge in [0.1, 0.15) is 0 Å². The Morgan fingerprint density at radius 1 is 0.870 bits per heavy atom. The maximum atomic E-state index is 13.2. The summed E-state index contributed by atoms with van der Waals surface area (Å²) in [5.74, 6) is 0.537. The quantitative estimate of drug-likeness (QED) is 0.736. The zero-order valence-electron chi connectivity index (χ0n) is 14.2. The first kappa shape index (κ1) is 14.5. The van der Waals surface area contributed by atoms with E-state index in [0.29, 0.717) is 5.92 Å². The number of carbonyl (C=O) groups is 1. The minimum atomic E-state index is 0.0845. The van der Waals surface area contributed by atoms with E-state index in [9.17, 15) is 4.79 Å². The molecule has 0 N–H and O–H groups in total. The van der Waals surface area contributed by atoms with Crippen molar-refractivity contribution in [2.45, 2.75) is 39.7 Å². The van der Waals surface area contributed by atoms with E-state index in [1.807, 2.05) is 36.4 Å². The topological polar surface area (TPSA) is 20.3 Å². The summed E-state index contributed by atoms with van der Waals surface area (Å²) in [7, 11) is 0. The van der Waals surface area contributed by atoms with Crippen LogP contribution in [0, 0.1) is 10.8 Å². The molecule has 0 radical (unpaired) electrons. The molecule has 2 nitrogen and oxygen atoms in total. The summed E-state index contributed by atoms with van der Waals surface area (Å²) in [5, 5.41) is 0. The summed E-state index contributed by atoms with van der Waals surface area (Å²) in [6.45, 7) is 9.26. The fraction of sp³-hybridized carbons (Fsp3) is 0.381. The molecular formula is C21H23NO. The minimum absolute atomic E-state index is 0.0845. The van der Waals surface area contributed by atoms with Crippen molar-refractivity contribution < 1.29 is 4.79 Å². The van der Waals surface area contributed by atoms with Gasteiger partial charge in [-0.15, -0.1) is 0 Å². The first-order valence-corrected chi connectivity index (χ1v) is 8.35. The lowest BCUT2D eigenvalue weighted by atomic mass is 9.43. The van der Waals surface area contributed by atoms with E-state index in [-0.39, 0.29) is 22.8 Å². The largest absolute Gasteiger partial charge is 0.304 e. The van der Waals surface area contributed by atoms with Crippen LogP contribution in [0.5, 0.6) is 0 Å². The molecule has 0 bridgehead atoms. The molecule has 0 saturated heterocycles. The third kappa shape index (κ3) is 1.67. The number of rotatable bonds is 1. The lowest BCUT2D eigenvalue weighted by Crippen LogP contribution is -2.66. The highest BCUT2D eigenvalue weighted by atomic mass is 16.2. The highest BCUT2D eigenvalue weighted by Gasteiger charge is 2.68. The van der Waals surface area contributed by atoms with Crippen molar-refractivity contribution in [1.29, 1.82) is 0 Å². The summed E-state index contributed by atoms with van der Waals surface area (Å²) in [6.07, 6.45) is 0. The van der Waals surface area contributed by atoms with Crippen molar-refractivity contribution in [3.05, 3.63) is 65.7 Å². The summed E-state index contributed by atoms with van der Waals surface area (Å²) in [5.41, 5.74) is 3.45. The van der Waals surface area contributed by atoms with Crippen molar-refractivity contribution in [3.63, 3.8) is 0 Å². The second-order valence-electron chi connectivity index (χ2n) is 7.97. The smallest absolute Gasteiger partial charge is 0.258 e. The highest BCUT2D eigenvalue weighted by molar-refractivity contribution is 6.08. The average molecular weight is 305 g/mol. The van der Waals surface area contributed by atoms with Crippen molar-refractivity contribution in [3.8, 4) is 0 Å². The van der Waals surface area contributed by atoms with E-state index in [0.717, 1.165) is 11.3 Å². The lowest BCUT2D eigenvalue weighted by Gasteiger charge is -2.64. The fourth-order valence-electron chi connectivity index (χ4n) is 4.60. The van der Waals surface area contributed by atoms with Gasteiger partial charge in [0.15, 0.2) is 0 Å². The molecule has 1 amide bonds. The molecule has 0 aromatic heterocycles. The maximum Gasteiger partial charge on any atom is 0.258 e. The van der Waals surface area contributed by atoms with Crippen molar-refractivity contribution in [2.24, 2.45) is 10.8 Å². The van der Waals surface area contributed by atoms with Crippen LogP contribution in [0.3, 0.4) is 0 Å². The normalized spacial score (nSPS) is 26.2. The SMILES string of the molecule is CC1(C)[C@H]2c3ccccc3N(C(=O)c3ccccc3)[C@H]2C1(C)C. The number of anilines is 1. The number of hydrogen-bond acceptors (Lipinski definition) is 1. The van der Waals surface area contributed by atoms with Gasteiger partial charge in [-0.25, -0.2) is 0 Å². The number of nitrogens with zero attached hydrogens (tertiary/aromatic N) is 1. The Morgan fingerprint density at radius 3 is 2.17 bits per heavy atom. The highest BCUT2D eigenvalue weighted by Crippen LogP contribution is 2.70. The zero-order valence-corrected chi connectivity index (χ0v) is 14.2. The van der Waals surface area contributed by atoms with Gasteiger partial charge in [0.05, 0.1) is 6.04 Å². The molecule has 2 atom stereocenters. The number of para-hydroxylation sites is 1. The average Bonchev–Trinajstić information content (AvgIpc) is 2.90. The molecule has 4 rings (SSSR count). The first-order chi connectivity index (χ1) is 10.9. The summed E-state index contributed by atoms with van der Waals surface area (Å²) in [4.78, 5) is 15.3. The lowest BCUT2D eigenvalue weighted by molar-refractivity contribution is -0.0680. The minimum Gasteiger partial charge on any atom is -0.304 e. The van der Waals surface area contributed by atoms with Crippen molar-refractivity contribution in [1.82, 2.24) is 0 Å². The summed E-state index contributed by atoms with van der Waals surface area (Å²) in [6, 6.07) is 18.3. The molecule has 1 saturated carbocycles. The van der Waals surface area contributed by atoms with Crippen LogP contribution < -0.4 is 4.90 Å². The Bertz CT molecular complexity index is 775. The number of fused-ring (bicyclic) bond motifs is 3.